The Labute approximate surface area is 112 Å². The Morgan fingerprint density at radius 3 is 1.81 bits per heavy atom. The molecule has 0 saturated carbocycles. The summed E-state index contributed by atoms with van der Waals surface area (Å²) in [5, 5.41) is 8.68. The van der Waals surface area contributed by atoms with Crippen LogP contribution >= 0.6 is 0 Å². The third-order valence-corrected chi connectivity index (χ3v) is 2.51. The summed E-state index contributed by atoms with van der Waals surface area (Å²) >= 11 is 0. The van der Waals surface area contributed by atoms with Crippen LogP contribution in [0.15, 0.2) is 12.1 Å². The van der Waals surface area contributed by atoms with E-state index in [2.05, 4.69) is 4.98 Å². The topological polar surface area (TPSA) is 50.2 Å². The van der Waals surface area contributed by atoms with Crippen molar-refractivity contribution >= 4 is 5.97 Å². The molecule has 0 aliphatic rings. The summed E-state index contributed by atoms with van der Waals surface area (Å²) in [6.45, 7) is 0. The standard InChI is InChI=1S/C12H3F6NO2/c13-5-2-3(12(20)21)1-4(19-5)6-7(14)9(16)11(18)10(17)8(6)15/h1-2H,(H,20,21). The fourth-order valence-corrected chi connectivity index (χ4v) is 1.58. The Kier molecular flexibility index (Phi) is 3.58. The maximum absolute atomic E-state index is 13.5. The molecule has 0 fully saturated rings. The smallest absolute Gasteiger partial charge is 0.335 e. The zero-order valence-corrected chi connectivity index (χ0v) is 9.73. The molecule has 0 aliphatic carbocycles. The number of pyridine rings is 1. The maximum atomic E-state index is 13.5. The minimum absolute atomic E-state index is 0.428. The van der Waals surface area contributed by atoms with Gasteiger partial charge in [-0.05, 0) is 6.07 Å². The number of carbonyl (C=O) groups is 1. The predicted molar refractivity (Wildman–Crippen MR) is 56.4 cm³/mol. The molecule has 0 aliphatic heterocycles. The zero-order chi connectivity index (χ0) is 15.9. The Morgan fingerprint density at radius 1 is 0.857 bits per heavy atom. The summed E-state index contributed by atoms with van der Waals surface area (Å²) in [7, 11) is 0. The number of rotatable bonds is 2. The van der Waals surface area contributed by atoms with Crippen LogP contribution in [-0.2, 0) is 0 Å². The molecule has 0 bridgehead atoms. The van der Waals surface area contributed by atoms with E-state index in [0.29, 0.717) is 12.1 Å². The SMILES string of the molecule is O=C(O)c1cc(F)nc(-c2c(F)c(F)c(F)c(F)c2F)c1. The van der Waals surface area contributed by atoms with Crippen molar-refractivity contribution in [2.24, 2.45) is 0 Å². The van der Waals surface area contributed by atoms with Crippen molar-refractivity contribution in [2.45, 2.75) is 0 Å². The quantitative estimate of drug-likeness (QED) is 0.401. The van der Waals surface area contributed by atoms with Crippen molar-refractivity contribution in [3.8, 4) is 11.3 Å². The van der Waals surface area contributed by atoms with Gasteiger partial charge in [-0.3, -0.25) is 0 Å². The van der Waals surface area contributed by atoms with E-state index in [9.17, 15) is 31.1 Å². The van der Waals surface area contributed by atoms with E-state index in [4.69, 9.17) is 5.11 Å². The summed E-state index contributed by atoms with van der Waals surface area (Å²) in [6, 6.07) is 0.918. The van der Waals surface area contributed by atoms with E-state index in [-0.39, 0.29) is 0 Å². The van der Waals surface area contributed by atoms with Crippen LogP contribution in [-0.4, -0.2) is 16.1 Å². The molecule has 3 nitrogen and oxygen atoms in total. The van der Waals surface area contributed by atoms with E-state index in [0.717, 1.165) is 0 Å². The number of hydrogen-bond acceptors (Lipinski definition) is 2. The van der Waals surface area contributed by atoms with E-state index in [1.807, 2.05) is 0 Å². The molecule has 2 aromatic rings. The highest BCUT2D eigenvalue weighted by Gasteiger charge is 2.28. The summed E-state index contributed by atoms with van der Waals surface area (Å²) in [5.41, 5.74) is -3.30. The van der Waals surface area contributed by atoms with Crippen LogP contribution in [0.25, 0.3) is 11.3 Å². The molecule has 0 saturated heterocycles. The second-order valence-electron chi connectivity index (χ2n) is 3.81. The van der Waals surface area contributed by atoms with Gasteiger partial charge in [-0.1, -0.05) is 0 Å². The number of aromatic carboxylic acids is 1. The van der Waals surface area contributed by atoms with Crippen LogP contribution in [0.5, 0.6) is 0 Å². The van der Waals surface area contributed by atoms with E-state index in [1.54, 1.807) is 0 Å². The van der Waals surface area contributed by atoms with Crippen LogP contribution in [0.4, 0.5) is 26.3 Å². The second-order valence-corrected chi connectivity index (χ2v) is 3.81. The van der Waals surface area contributed by atoms with Crippen molar-refractivity contribution in [1.29, 1.82) is 0 Å². The summed E-state index contributed by atoms with van der Waals surface area (Å²) in [6.07, 6.45) is 0. The Balaban J connectivity index is 2.82. The Morgan fingerprint density at radius 2 is 1.33 bits per heavy atom. The van der Waals surface area contributed by atoms with Crippen LogP contribution in [0, 0.1) is 35.0 Å². The number of aromatic nitrogens is 1. The summed E-state index contributed by atoms with van der Waals surface area (Å²) in [4.78, 5) is 13.7. The predicted octanol–water partition coefficient (Wildman–Crippen LogP) is 3.28. The number of carboxylic acids is 1. The van der Waals surface area contributed by atoms with Gasteiger partial charge < -0.3 is 5.11 Å². The lowest BCUT2D eigenvalue weighted by Crippen LogP contribution is -2.07. The monoisotopic (exact) mass is 307 g/mol. The van der Waals surface area contributed by atoms with Gasteiger partial charge in [-0.2, -0.15) is 4.39 Å². The summed E-state index contributed by atoms with van der Waals surface area (Å²) in [5.74, 6) is -14.5. The number of carboxylic acid groups (broad SMARTS) is 1. The van der Waals surface area contributed by atoms with Crippen molar-refractivity contribution in [2.75, 3.05) is 0 Å². The molecule has 0 atom stereocenters. The van der Waals surface area contributed by atoms with Gasteiger partial charge in [0.2, 0.25) is 11.8 Å². The van der Waals surface area contributed by atoms with Crippen LogP contribution < -0.4 is 0 Å². The summed E-state index contributed by atoms with van der Waals surface area (Å²) < 4.78 is 79.2. The highest BCUT2D eigenvalue weighted by molar-refractivity contribution is 5.88. The molecule has 110 valence electrons. The fraction of sp³-hybridized carbons (Fsp3) is 0. The van der Waals surface area contributed by atoms with Crippen molar-refractivity contribution in [1.82, 2.24) is 4.98 Å². The third kappa shape index (κ3) is 2.41. The molecule has 0 radical (unpaired) electrons. The molecule has 2 rings (SSSR count). The first-order chi connectivity index (χ1) is 9.73. The lowest BCUT2D eigenvalue weighted by molar-refractivity contribution is 0.0696. The second kappa shape index (κ2) is 5.08. The van der Waals surface area contributed by atoms with Crippen molar-refractivity contribution < 1.29 is 36.2 Å². The molecule has 21 heavy (non-hydrogen) atoms. The highest BCUT2D eigenvalue weighted by Crippen LogP contribution is 2.31. The largest absolute Gasteiger partial charge is 0.478 e. The molecule has 0 unspecified atom stereocenters. The van der Waals surface area contributed by atoms with Gasteiger partial charge in [0.15, 0.2) is 23.3 Å². The van der Waals surface area contributed by atoms with E-state index in [1.165, 1.54) is 0 Å². The van der Waals surface area contributed by atoms with Gasteiger partial charge in [0.05, 0.1) is 16.8 Å². The van der Waals surface area contributed by atoms with Crippen LogP contribution in [0.3, 0.4) is 0 Å². The molecule has 1 heterocycles. The van der Waals surface area contributed by atoms with Crippen molar-refractivity contribution in [3.05, 3.63) is 52.7 Å². The van der Waals surface area contributed by atoms with Crippen LogP contribution in [0.2, 0.25) is 0 Å². The molecule has 1 aromatic heterocycles. The molecule has 1 N–H and O–H groups in total. The van der Waals surface area contributed by atoms with Gasteiger partial charge in [-0.15, -0.1) is 0 Å². The van der Waals surface area contributed by atoms with Crippen LogP contribution in [0.1, 0.15) is 10.4 Å². The number of hydrogen-bond donors (Lipinski definition) is 1. The number of benzene rings is 1. The van der Waals surface area contributed by atoms with E-state index < -0.39 is 57.8 Å². The first kappa shape index (κ1) is 14.8. The molecular formula is C12H3F6NO2. The lowest BCUT2D eigenvalue weighted by Gasteiger charge is -2.08. The average Bonchev–Trinajstić information content (AvgIpc) is 2.42. The average molecular weight is 307 g/mol. The number of halogens is 6. The van der Waals surface area contributed by atoms with Gasteiger partial charge in [-0.25, -0.2) is 31.7 Å². The zero-order valence-electron chi connectivity index (χ0n) is 9.73. The van der Waals surface area contributed by atoms with Gasteiger partial charge in [0, 0.05) is 6.07 Å². The first-order valence-electron chi connectivity index (χ1n) is 5.16. The van der Waals surface area contributed by atoms with Gasteiger partial charge >= 0.3 is 5.97 Å². The Bertz CT molecular complexity index is 733. The first-order valence-corrected chi connectivity index (χ1v) is 5.16. The van der Waals surface area contributed by atoms with Gasteiger partial charge in [0.25, 0.3) is 0 Å². The molecule has 0 amide bonds. The minimum atomic E-state index is -2.39. The highest BCUT2D eigenvalue weighted by atomic mass is 19.2. The lowest BCUT2D eigenvalue weighted by atomic mass is 10.1. The minimum Gasteiger partial charge on any atom is -0.478 e. The van der Waals surface area contributed by atoms with E-state index >= 15 is 0 Å². The number of nitrogens with zero attached hydrogens (tertiary/aromatic N) is 1. The Hall–Kier alpha value is -2.58. The molecule has 0 spiro atoms. The fourth-order valence-electron chi connectivity index (χ4n) is 1.58. The third-order valence-electron chi connectivity index (χ3n) is 2.51. The normalized spacial score (nSPS) is 10.8. The van der Waals surface area contributed by atoms with Crippen molar-refractivity contribution in [3.63, 3.8) is 0 Å². The maximum Gasteiger partial charge on any atom is 0.335 e. The van der Waals surface area contributed by atoms with Gasteiger partial charge in [0.1, 0.15) is 0 Å². The molecular weight excluding hydrogens is 304 g/mol. The molecule has 9 heteroatoms. The molecule has 1 aromatic carbocycles.